The maximum absolute atomic E-state index is 12.1. The zero-order valence-electron chi connectivity index (χ0n) is 14.9. The molecule has 26 heavy (non-hydrogen) atoms. The number of hydrogen-bond donors (Lipinski definition) is 2. The van der Waals surface area contributed by atoms with E-state index in [1.54, 1.807) is 6.07 Å². The van der Waals surface area contributed by atoms with Gasteiger partial charge in [-0.1, -0.05) is 35.5 Å². The Morgan fingerprint density at radius 1 is 1.00 bits per heavy atom. The first-order valence-corrected chi connectivity index (χ1v) is 8.64. The smallest absolute Gasteiger partial charge is 0.324 e. The molecule has 2 N–H and O–H groups in total. The van der Waals surface area contributed by atoms with Gasteiger partial charge >= 0.3 is 6.03 Å². The number of amides is 2. The monoisotopic (exact) mass is 350 g/mol. The van der Waals surface area contributed by atoms with Crippen LogP contribution in [0.15, 0.2) is 65.2 Å². The molecule has 0 aliphatic rings. The van der Waals surface area contributed by atoms with Crippen molar-refractivity contribution in [2.45, 2.75) is 13.8 Å². The van der Waals surface area contributed by atoms with Gasteiger partial charge < -0.3 is 14.7 Å². The number of nitrogens with one attached hydrogen (secondary N) is 2. The Labute approximate surface area is 152 Å². The summed E-state index contributed by atoms with van der Waals surface area (Å²) in [5, 5.41) is 9.35. The van der Waals surface area contributed by atoms with Crippen LogP contribution in [0.3, 0.4) is 0 Å². The molecule has 1 aromatic heterocycles. The first kappa shape index (κ1) is 17.5. The Hall–Kier alpha value is -3.28. The summed E-state index contributed by atoms with van der Waals surface area (Å²) < 4.78 is 5.27. The third-order valence-corrected chi connectivity index (χ3v) is 4.06. The number of benzene rings is 2. The van der Waals surface area contributed by atoms with Gasteiger partial charge in [0.2, 0.25) is 0 Å². The standard InChI is InChI=1S/C20H22N4O2/c1-3-24(4-2)17-12-10-16(11-13-17)21-20(25)22-19-14-18(26-23-19)15-8-6-5-7-9-15/h5-14H,3-4H2,1-2H3,(H2,21,22,23,25). The molecule has 3 aromatic rings. The van der Waals surface area contributed by atoms with Crippen molar-refractivity contribution in [3.63, 3.8) is 0 Å². The maximum atomic E-state index is 12.1. The summed E-state index contributed by atoms with van der Waals surface area (Å²) in [5.41, 5.74) is 2.75. The van der Waals surface area contributed by atoms with E-state index in [2.05, 4.69) is 34.5 Å². The molecule has 2 aromatic carbocycles. The van der Waals surface area contributed by atoms with Crippen molar-refractivity contribution >= 4 is 23.2 Å². The molecule has 6 nitrogen and oxygen atoms in total. The number of aromatic nitrogens is 1. The van der Waals surface area contributed by atoms with Gasteiger partial charge in [-0.15, -0.1) is 0 Å². The Bertz CT molecular complexity index is 840. The summed E-state index contributed by atoms with van der Waals surface area (Å²) in [6, 6.07) is 18.7. The molecule has 3 rings (SSSR count). The highest BCUT2D eigenvalue weighted by molar-refractivity contribution is 5.99. The number of hydrogen-bond acceptors (Lipinski definition) is 4. The lowest BCUT2D eigenvalue weighted by atomic mass is 10.2. The summed E-state index contributed by atoms with van der Waals surface area (Å²) in [5.74, 6) is 0.964. The molecule has 1 heterocycles. The van der Waals surface area contributed by atoms with E-state index in [9.17, 15) is 4.79 Å². The fourth-order valence-corrected chi connectivity index (χ4v) is 2.70. The van der Waals surface area contributed by atoms with Crippen LogP contribution in [-0.4, -0.2) is 24.3 Å². The molecule has 0 fully saturated rings. The van der Waals surface area contributed by atoms with E-state index in [0.717, 1.165) is 24.3 Å². The van der Waals surface area contributed by atoms with Gasteiger partial charge in [-0.05, 0) is 38.1 Å². The lowest BCUT2D eigenvalue weighted by Gasteiger charge is -2.21. The lowest BCUT2D eigenvalue weighted by molar-refractivity contribution is 0.262. The molecule has 0 saturated heterocycles. The summed E-state index contributed by atoms with van der Waals surface area (Å²) in [7, 11) is 0. The molecular formula is C20H22N4O2. The number of anilines is 3. The Kier molecular flexibility index (Phi) is 5.53. The first-order valence-electron chi connectivity index (χ1n) is 8.64. The van der Waals surface area contributed by atoms with Crippen LogP contribution in [0.2, 0.25) is 0 Å². The van der Waals surface area contributed by atoms with Gasteiger partial charge in [-0.25, -0.2) is 4.79 Å². The van der Waals surface area contributed by atoms with Crippen LogP contribution in [-0.2, 0) is 0 Å². The SMILES string of the molecule is CCN(CC)c1ccc(NC(=O)Nc2cc(-c3ccccc3)on2)cc1. The van der Waals surface area contributed by atoms with Gasteiger partial charge in [0.25, 0.3) is 0 Å². The number of carbonyl (C=O) groups is 1. The molecule has 0 spiro atoms. The van der Waals surface area contributed by atoms with E-state index in [4.69, 9.17) is 4.52 Å². The second-order valence-electron chi connectivity index (χ2n) is 5.74. The number of urea groups is 1. The molecular weight excluding hydrogens is 328 g/mol. The third-order valence-electron chi connectivity index (χ3n) is 4.06. The molecule has 6 heteroatoms. The number of nitrogens with zero attached hydrogens (tertiary/aromatic N) is 2. The molecule has 0 radical (unpaired) electrons. The molecule has 0 aliphatic carbocycles. The fraction of sp³-hybridized carbons (Fsp3) is 0.200. The predicted octanol–water partition coefficient (Wildman–Crippen LogP) is 4.83. The van der Waals surface area contributed by atoms with Crippen LogP contribution < -0.4 is 15.5 Å². The van der Waals surface area contributed by atoms with E-state index in [-0.39, 0.29) is 6.03 Å². The highest BCUT2D eigenvalue weighted by Crippen LogP contribution is 2.22. The minimum atomic E-state index is -0.367. The van der Waals surface area contributed by atoms with E-state index in [1.807, 2.05) is 54.6 Å². The summed E-state index contributed by atoms with van der Waals surface area (Å²) in [4.78, 5) is 14.4. The fourth-order valence-electron chi connectivity index (χ4n) is 2.70. The van der Waals surface area contributed by atoms with Crippen LogP contribution in [0, 0.1) is 0 Å². The van der Waals surface area contributed by atoms with Crippen LogP contribution in [0.4, 0.5) is 22.0 Å². The normalized spacial score (nSPS) is 10.4. The molecule has 0 bridgehead atoms. The van der Waals surface area contributed by atoms with Crippen LogP contribution in [0.25, 0.3) is 11.3 Å². The summed E-state index contributed by atoms with van der Waals surface area (Å²) in [6.45, 7) is 6.12. The van der Waals surface area contributed by atoms with Crippen LogP contribution in [0.5, 0.6) is 0 Å². The van der Waals surface area contributed by atoms with Gasteiger partial charge in [0.05, 0.1) is 0 Å². The third kappa shape index (κ3) is 4.22. The van der Waals surface area contributed by atoms with Crippen molar-refractivity contribution in [2.24, 2.45) is 0 Å². The predicted molar refractivity (Wildman–Crippen MR) is 105 cm³/mol. The minimum absolute atomic E-state index is 0.362. The van der Waals surface area contributed by atoms with E-state index >= 15 is 0 Å². The minimum Gasteiger partial charge on any atom is -0.372 e. The summed E-state index contributed by atoms with van der Waals surface area (Å²) in [6.07, 6.45) is 0. The van der Waals surface area contributed by atoms with Gasteiger partial charge in [-0.2, -0.15) is 0 Å². The molecule has 0 unspecified atom stereocenters. The largest absolute Gasteiger partial charge is 0.372 e. The highest BCUT2D eigenvalue weighted by atomic mass is 16.5. The quantitative estimate of drug-likeness (QED) is 0.668. The highest BCUT2D eigenvalue weighted by Gasteiger charge is 2.10. The van der Waals surface area contributed by atoms with E-state index in [1.165, 1.54) is 0 Å². The molecule has 134 valence electrons. The topological polar surface area (TPSA) is 70.4 Å². The molecule has 0 saturated carbocycles. The Balaban J connectivity index is 1.60. The zero-order valence-corrected chi connectivity index (χ0v) is 14.9. The molecule has 0 atom stereocenters. The first-order chi connectivity index (χ1) is 12.7. The Morgan fingerprint density at radius 3 is 2.35 bits per heavy atom. The zero-order chi connectivity index (χ0) is 18.4. The van der Waals surface area contributed by atoms with E-state index in [0.29, 0.717) is 17.3 Å². The Morgan fingerprint density at radius 2 is 1.69 bits per heavy atom. The van der Waals surface area contributed by atoms with Gasteiger partial charge in [0.15, 0.2) is 11.6 Å². The van der Waals surface area contributed by atoms with E-state index < -0.39 is 0 Å². The van der Waals surface area contributed by atoms with Crippen LogP contribution in [0.1, 0.15) is 13.8 Å². The summed E-state index contributed by atoms with van der Waals surface area (Å²) >= 11 is 0. The van der Waals surface area contributed by atoms with Crippen molar-refractivity contribution in [3.8, 4) is 11.3 Å². The van der Waals surface area contributed by atoms with Crippen molar-refractivity contribution in [1.29, 1.82) is 0 Å². The average Bonchev–Trinajstić information content (AvgIpc) is 3.13. The number of rotatable bonds is 6. The number of carbonyl (C=O) groups excluding carboxylic acids is 1. The van der Waals surface area contributed by atoms with Gasteiger partial charge in [-0.3, -0.25) is 5.32 Å². The maximum Gasteiger partial charge on any atom is 0.324 e. The van der Waals surface area contributed by atoms with Crippen molar-refractivity contribution in [1.82, 2.24) is 5.16 Å². The second kappa shape index (κ2) is 8.20. The van der Waals surface area contributed by atoms with Gasteiger partial charge in [0, 0.05) is 36.1 Å². The molecule has 2 amide bonds. The van der Waals surface area contributed by atoms with Crippen molar-refractivity contribution in [2.75, 3.05) is 28.6 Å². The second-order valence-corrected chi connectivity index (χ2v) is 5.74. The van der Waals surface area contributed by atoms with Crippen LogP contribution >= 0.6 is 0 Å². The van der Waals surface area contributed by atoms with Crippen molar-refractivity contribution < 1.29 is 9.32 Å². The lowest BCUT2D eigenvalue weighted by Crippen LogP contribution is -2.22. The molecule has 0 aliphatic heterocycles. The van der Waals surface area contributed by atoms with Crippen molar-refractivity contribution in [3.05, 3.63) is 60.7 Å². The van der Waals surface area contributed by atoms with Gasteiger partial charge in [0.1, 0.15) is 0 Å². The average molecular weight is 350 g/mol.